The molecular formula is C12H15NO2. The van der Waals surface area contributed by atoms with E-state index in [1.54, 1.807) is 0 Å². The van der Waals surface area contributed by atoms with Crippen molar-refractivity contribution in [2.75, 3.05) is 6.61 Å². The second kappa shape index (κ2) is 4.94. The Labute approximate surface area is 89.4 Å². The molecule has 0 radical (unpaired) electrons. The highest BCUT2D eigenvalue weighted by Gasteiger charge is 2.19. The van der Waals surface area contributed by atoms with Crippen LogP contribution < -0.4 is 0 Å². The topological polar surface area (TPSA) is 41.8 Å². The van der Waals surface area contributed by atoms with Gasteiger partial charge in [-0.05, 0) is 18.4 Å². The molecule has 1 aromatic rings. The Balaban J connectivity index is 1.80. The third-order valence-electron chi connectivity index (χ3n) is 2.54. The Kier molecular flexibility index (Phi) is 3.35. The molecule has 3 nitrogen and oxygen atoms in total. The van der Waals surface area contributed by atoms with Gasteiger partial charge in [0.2, 0.25) is 0 Å². The Morgan fingerprint density at radius 3 is 2.73 bits per heavy atom. The van der Waals surface area contributed by atoms with E-state index in [1.807, 2.05) is 18.2 Å². The lowest BCUT2D eigenvalue weighted by Crippen LogP contribution is -2.12. The highest BCUT2D eigenvalue weighted by Crippen LogP contribution is 2.14. The van der Waals surface area contributed by atoms with Gasteiger partial charge in [-0.1, -0.05) is 35.5 Å². The second-order valence-electron chi connectivity index (χ2n) is 3.76. The standard InChI is InChI=1S/C12H15NO2/c14-9-12-8-11(13-15-12)7-6-10-4-2-1-3-5-10/h1-5,12,14H,6-9H2. The smallest absolute Gasteiger partial charge is 0.155 e. The molecule has 0 aromatic heterocycles. The summed E-state index contributed by atoms with van der Waals surface area (Å²) >= 11 is 0. The maximum Gasteiger partial charge on any atom is 0.155 e. The molecule has 1 unspecified atom stereocenters. The third-order valence-corrected chi connectivity index (χ3v) is 2.54. The summed E-state index contributed by atoms with van der Waals surface area (Å²) in [5, 5.41) is 12.8. The fourth-order valence-corrected chi connectivity index (χ4v) is 1.67. The van der Waals surface area contributed by atoms with Crippen molar-refractivity contribution in [3.63, 3.8) is 0 Å². The lowest BCUT2D eigenvalue weighted by atomic mass is 10.0. The maximum absolute atomic E-state index is 8.87. The number of aryl methyl sites for hydroxylation is 1. The van der Waals surface area contributed by atoms with Crippen molar-refractivity contribution < 1.29 is 9.94 Å². The minimum Gasteiger partial charge on any atom is -0.392 e. The molecule has 0 saturated carbocycles. The van der Waals surface area contributed by atoms with E-state index < -0.39 is 0 Å². The molecule has 1 aliphatic heterocycles. The van der Waals surface area contributed by atoms with Gasteiger partial charge in [-0.2, -0.15) is 0 Å². The first kappa shape index (κ1) is 10.2. The van der Waals surface area contributed by atoms with Crippen LogP contribution in [0.25, 0.3) is 0 Å². The summed E-state index contributed by atoms with van der Waals surface area (Å²) in [5.74, 6) is 0. The monoisotopic (exact) mass is 205 g/mol. The molecule has 0 aliphatic carbocycles. The number of benzene rings is 1. The van der Waals surface area contributed by atoms with Gasteiger partial charge in [0.1, 0.15) is 0 Å². The van der Waals surface area contributed by atoms with Gasteiger partial charge in [-0.3, -0.25) is 0 Å². The third kappa shape index (κ3) is 2.80. The Hall–Kier alpha value is -1.35. The van der Waals surface area contributed by atoms with Gasteiger partial charge >= 0.3 is 0 Å². The maximum atomic E-state index is 8.87. The molecule has 0 spiro atoms. The van der Waals surface area contributed by atoms with Crippen LogP contribution in [0.15, 0.2) is 35.5 Å². The largest absolute Gasteiger partial charge is 0.392 e. The summed E-state index contributed by atoms with van der Waals surface area (Å²) in [6.45, 7) is 0.0539. The molecule has 1 N–H and O–H groups in total. The molecule has 0 amide bonds. The average molecular weight is 205 g/mol. The predicted octanol–water partition coefficient (Wildman–Crippen LogP) is 1.76. The van der Waals surface area contributed by atoms with Crippen LogP contribution in [-0.4, -0.2) is 23.5 Å². The number of hydrogen-bond donors (Lipinski definition) is 1. The highest BCUT2D eigenvalue weighted by atomic mass is 16.6. The first-order chi connectivity index (χ1) is 7.38. The highest BCUT2D eigenvalue weighted by molar-refractivity contribution is 5.85. The summed E-state index contributed by atoms with van der Waals surface area (Å²) in [4.78, 5) is 5.04. The number of aliphatic hydroxyl groups is 1. The van der Waals surface area contributed by atoms with E-state index in [9.17, 15) is 0 Å². The van der Waals surface area contributed by atoms with Crippen LogP contribution in [0.2, 0.25) is 0 Å². The van der Waals surface area contributed by atoms with Crippen molar-refractivity contribution in [3.05, 3.63) is 35.9 Å². The molecule has 1 aliphatic rings. The van der Waals surface area contributed by atoms with E-state index in [4.69, 9.17) is 9.94 Å². The van der Waals surface area contributed by atoms with Crippen molar-refractivity contribution in [1.82, 2.24) is 0 Å². The van der Waals surface area contributed by atoms with Crippen LogP contribution in [0, 0.1) is 0 Å². The van der Waals surface area contributed by atoms with Crippen molar-refractivity contribution in [1.29, 1.82) is 0 Å². The number of aliphatic hydroxyl groups excluding tert-OH is 1. The van der Waals surface area contributed by atoms with E-state index in [0.717, 1.165) is 25.0 Å². The first-order valence-corrected chi connectivity index (χ1v) is 5.25. The molecule has 3 heteroatoms. The minimum atomic E-state index is -0.115. The van der Waals surface area contributed by atoms with Crippen molar-refractivity contribution in [3.8, 4) is 0 Å². The van der Waals surface area contributed by atoms with Crippen molar-refractivity contribution in [2.45, 2.75) is 25.4 Å². The zero-order chi connectivity index (χ0) is 10.5. The molecule has 0 bridgehead atoms. The number of rotatable bonds is 4. The van der Waals surface area contributed by atoms with Gasteiger partial charge in [0.15, 0.2) is 6.10 Å². The van der Waals surface area contributed by atoms with Gasteiger partial charge < -0.3 is 9.94 Å². The SMILES string of the molecule is OCC1CC(CCc2ccccc2)=NO1. The fourth-order valence-electron chi connectivity index (χ4n) is 1.67. The summed E-state index contributed by atoms with van der Waals surface area (Å²) < 4.78 is 0. The lowest BCUT2D eigenvalue weighted by Gasteiger charge is -2.01. The lowest BCUT2D eigenvalue weighted by molar-refractivity contribution is 0.0390. The van der Waals surface area contributed by atoms with E-state index in [1.165, 1.54) is 5.56 Å². The molecule has 2 rings (SSSR count). The Morgan fingerprint density at radius 1 is 1.27 bits per heavy atom. The van der Waals surface area contributed by atoms with Crippen LogP contribution in [0.3, 0.4) is 0 Å². The Bertz CT molecular complexity index is 335. The Morgan fingerprint density at radius 2 is 2.07 bits per heavy atom. The average Bonchev–Trinajstić information content (AvgIpc) is 2.76. The fraction of sp³-hybridized carbons (Fsp3) is 0.417. The van der Waals surface area contributed by atoms with Gasteiger partial charge in [0, 0.05) is 6.42 Å². The minimum absolute atomic E-state index is 0.0539. The predicted molar refractivity (Wildman–Crippen MR) is 58.8 cm³/mol. The molecule has 1 aromatic carbocycles. The van der Waals surface area contributed by atoms with Crippen LogP contribution in [-0.2, 0) is 11.3 Å². The van der Waals surface area contributed by atoms with Crippen molar-refractivity contribution >= 4 is 5.71 Å². The summed E-state index contributed by atoms with van der Waals surface area (Å²) in [5.41, 5.74) is 2.37. The second-order valence-corrected chi connectivity index (χ2v) is 3.76. The molecule has 1 heterocycles. The zero-order valence-electron chi connectivity index (χ0n) is 8.60. The number of hydrogen-bond acceptors (Lipinski definition) is 3. The van der Waals surface area contributed by atoms with Crippen LogP contribution >= 0.6 is 0 Å². The van der Waals surface area contributed by atoms with Gasteiger partial charge in [0.25, 0.3) is 0 Å². The van der Waals surface area contributed by atoms with Crippen LogP contribution in [0.4, 0.5) is 0 Å². The first-order valence-electron chi connectivity index (χ1n) is 5.25. The van der Waals surface area contributed by atoms with Gasteiger partial charge in [-0.25, -0.2) is 0 Å². The normalized spacial score (nSPS) is 19.8. The summed E-state index contributed by atoms with van der Waals surface area (Å²) in [7, 11) is 0. The van der Waals surface area contributed by atoms with Crippen LogP contribution in [0.5, 0.6) is 0 Å². The molecular weight excluding hydrogens is 190 g/mol. The van der Waals surface area contributed by atoms with Crippen molar-refractivity contribution in [2.24, 2.45) is 5.16 Å². The van der Waals surface area contributed by atoms with Crippen LogP contribution in [0.1, 0.15) is 18.4 Å². The van der Waals surface area contributed by atoms with Gasteiger partial charge in [-0.15, -0.1) is 0 Å². The molecule has 15 heavy (non-hydrogen) atoms. The number of oxime groups is 1. The molecule has 0 saturated heterocycles. The number of nitrogens with zero attached hydrogens (tertiary/aromatic N) is 1. The zero-order valence-corrected chi connectivity index (χ0v) is 8.60. The molecule has 80 valence electrons. The van der Waals surface area contributed by atoms with E-state index >= 15 is 0 Å². The summed E-state index contributed by atoms with van der Waals surface area (Å²) in [6.07, 6.45) is 2.56. The quantitative estimate of drug-likeness (QED) is 0.813. The molecule has 1 atom stereocenters. The van der Waals surface area contributed by atoms with E-state index in [-0.39, 0.29) is 12.7 Å². The molecule has 0 fully saturated rings. The van der Waals surface area contributed by atoms with Gasteiger partial charge in [0.05, 0.1) is 12.3 Å². The van der Waals surface area contributed by atoms with E-state index in [2.05, 4.69) is 17.3 Å². The van der Waals surface area contributed by atoms with E-state index in [0.29, 0.717) is 0 Å². The summed E-state index contributed by atoms with van der Waals surface area (Å²) in [6, 6.07) is 10.3.